The molecular formula is C28H25N3O. The molecule has 2 heterocycles. The number of carbonyl (C=O) groups is 1. The maximum Gasteiger partial charge on any atom is 0.163 e. The zero-order valence-electron chi connectivity index (χ0n) is 18.0. The van der Waals surface area contributed by atoms with Gasteiger partial charge in [-0.1, -0.05) is 60.2 Å². The number of rotatable bonds is 2. The minimum atomic E-state index is -0.205. The lowest BCUT2D eigenvalue weighted by Crippen LogP contribution is -2.26. The molecule has 0 saturated heterocycles. The van der Waals surface area contributed by atoms with Crippen molar-refractivity contribution in [3.63, 3.8) is 0 Å². The molecule has 3 aromatic carbocycles. The number of aromatic nitrogens is 1. The van der Waals surface area contributed by atoms with E-state index < -0.39 is 0 Å². The first kappa shape index (κ1) is 18.9. The van der Waals surface area contributed by atoms with Crippen LogP contribution < -0.4 is 10.6 Å². The number of nitrogens with one attached hydrogen (secondary N) is 3. The zero-order valence-corrected chi connectivity index (χ0v) is 18.0. The van der Waals surface area contributed by atoms with Gasteiger partial charge in [-0.05, 0) is 43.0 Å². The topological polar surface area (TPSA) is 56.9 Å². The average Bonchev–Trinajstić information content (AvgIpc) is 3.15. The van der Waals surface area contributed by atoms with Crippen molar-refractivity contribution in [1.29, 1.82) is 0 Å². The number of fused-ring (bicyclic) bond motifs is 2. The molecule has 32 heavy (non-hydrogen) atoms. The van der Waals surface area contributed by atoms with E-state index in [9.17, 15) is 4.79 Å². The van der Waals surface area contributed by atoms with Crippen molar-refractivity contribution in [3.8, 4) is 0 Å². The van der Waals surface area contributed by atoms with E-state index in [0.717, 1.165) is 45.5 Å². The average molecular weight is 420 g/mol. The van der Waals surface area contributed by atoms with E-state index in [0.29, 0.717) is 6.42 Å². The van der Waals surface area contributed by atoms with Crippen LogP contribution in [0.5, 0.6) is 0 Å². The van der Waals surface area contributed by atoms with Gasteiger partial charge in [0.25, 0.3) is 0 Å². The molecule has 0 bridgehead atoms. The Kier molecular flexibility index (Phi) is 4.39. The van der Waals surface area contributed by atoms with Gasteiger partial charge < -0.3 is 15.6 Å². The fraction of sp³-hybridized carbons (Fsp3) is 0.179. The fourth-order valence-electron chi connectivity index (χ4n) is 5.13. The summed E-state index contributed by atoms with van der Waals surface area (Å²) in [5, 5.41) is 8.46. The van der Waals surface area contributed by atoms with Crippen LogP contribution in [0.4, 0.5) is 11.4 Å². The summed E-state index contributed by atoms with van der Waals surface area (Å²) in [6.45, 7) is 2.09. The van der Waals surface area contributed by atoms with Crippen molar-refractivity contribution in [1.82, 2.24) is 4.98 Å². The lowest BCUT2D eigenvalue weighted by Gasteiger charge is -2.29. The van der Waals surface area contributed by atoms with Crippen LogP contribution in [0.15, 0.2) is 90.3 Å². The standard InChI is InChI=1S/C28H25N3O/c1-17-10-12-18(13-11-17)19-14-25-27(26(32)15-19)28(31-24-9-5-4-8-23(24)30-25)21-16-29-22-7-3-2-6-20(21)22/h2-13,16,19,28-31H,14-15H2,1H3. The highest BCUT2D eigenvalue weighted by molar-refractivity contribution is 6.02. The van der Waals surface area contributed by atoms with E-state index in [4.69, 9.17) is 0 Å². The summed E-state index contributed by atoms with van der Waals surface area (Å²) < 4.78 is 0. The number of ketones is 1. The molecule has 1 aromatic heterocycles. The van der Waals surface area contributed by atoms with Crippen molar-refractivity contribution in [3.05, 3.63) is 107 Å². The van der Waals surface area contributed by atoms with Crippen molar-refractivity contribution in [2.24, 2.45) is 0 Å². The van der Waals surface area contributed by atoms with Gasteiger partial charge in [0, 0.05) is 40.4 Å². The molecule has 2 unspecified atom stereocenters. The van der Waals surface area contributed by atoms with E-state index in [1.165, 1.54) is 11.1 Å². The Labute approximate surface area is 187 Å². The number of hydrogen-bond donors (Lipinski definition) is 3. The van der Waals surface area contributed by atoms with Crippen molar-refractivity contribution in [2.75, 3.05) is 10.6 Å². The third-order valence-electron chi connectivity index (χ3n) is 6.79. The van der Waals surface area contributed by atoms with E-state index in [2.05, 4.69) is 71.1 Å². The summed E-state index contributed by atoms with van der Waals surface area (Å²) in [5.41, 5.74) is 8.56. The van der Waals surface area contributed by atoms with Gasteiger partial charge in [0.2, 0.25) is 0 Å². The Balaban J connectivity index is 1.49. The number of aromatic amines is 1. The Morgan fingerprint density at radius 2 is 1.59 bits per heavy atom. The molecule has 4 aromatic rings. The van der Waals surface area contributed by atoms with Crippen LogP contribution >= 0.6 is 0 Å². The van der Waals surface area contributed by atoms with Gasteiger partial charge >= 0.3 is 0 Å². The molecular weight excluding hydrogens is 394 g/mol. The van der Waals surface area contributed by atoms with Gasteiger partial charge in [-0.2, -0.15) is 0 Å². The minimum absolute atomic E-state index is 0.184. The molecule has 1 aliphatic carbocycles. The van der Waals surface area contributed by atoms with Gasteiger partial charge in [0.1, 0.15) is 0 Å². The van der Waals surface area contributed by atoms with Gasteiger partial charge in [-0.3, -0.25) is 4.79 Å². The second-order valence-electron chi connectivity index (χ2n) is 8.87. The van der Waals surface area contributed by atoms with Crippen LogP contribution in [-0.4, -0.2) is 10.8 Å². The third kappa shape index (κ3) is 3.11. The highest BCUT2D eigenvalue weighted by Crippen LogP contribution is 2.45. The number of hydrogen-bond acceptors (Lipinski definition) is 3. The summed E-state index contributed by atoms with van der Waals surface area (Å²) in [5.74, 6) is 0.392. The third-order valence-corrected chi connectivity index (χ3v) is 6.79. The molecule has 1 aliphatic heterocycles. The van der Waals surface area contributed by atoms with E-state index in [1.54, 1.807) is 0 Å². The second kappa shape index (κ2) is 7.41. The predicted molar refractivity (Wildman–Crippen MR) is 130 cm³/mol. The smallest absolute Gasteiger partial charge is 0.163 e. The molecule has 0 radical (unpaired) electrons. The molecule has 0 saturated carbocycles. The van der Waals surface area contributed by atoms with E-state index in [1.807, 2.05) is 30.5 Å². The minimum Gasteiger partial charge on any atom is -0.372 e. The second-order valence-corrected chi connectivity index (χ2v) is 8.87. The van der Waals surface area contributed by atoms with E-state index in [-0.39, 0.29) is 17.7 Å². The molecule has 0 fully saturated rings. The maximum absolute atomic E-state index is 13.7. The summed E-state index contributed by atoms with van der Waals surface area (Å²) in [6, 6.07) is 24.9. The van der Waals surface area contributed by atoms with Crippen LogP contribution in [0.3, 0.4) is 0 Å². The number of anilines is 2. The van der Waals surface area contributed by atoms with Crippen molar-refractivity contribution < 1.29 is 4.79 Å². The van der Waals surface area contributed by atoms with Crippen LogP contribution in [0.25, 0.3) is 10.9 Å². The Bertz CT molecular complexity index is 1360. The Hall–Kier alpha value is -3.79. The number of para-hydroxylation sites is 3. The number of allylic oxidation sites excluding steroid dienone is 1. The molecule has 0 amide bonds. The monoisotopic (exact) mass is 419 g/mol. The molecule has 3 N–H and O–H groups in total. The maximum atomic E-state index is 13.7. The number of carbonyl (C=O) groups excluding carboxylic acids is 1. The first-order valence-corrected chi connectivity index (χ1v) is 11.2. The van der Waals surface area contributed by atoms with E-state index >= 15 is 0 Å². The molecule has 158 valence electrons. The lowest BCUT2D eigenvalue weighted by atomic mass is 9.78. The Morgan fingerprint density at radius 1 is 0.844 bits per heavy atom. The van der Waals surface area contributed by atoms with Gasteiger partial charge in [-0.25, -0.2) is 0 Å². The van der Waals surface area contributed by atoms with Gasteiger partial charge in [0.15, 0.2) is 5.78 Å². The van der Waals surface area contributed by atoms with Crippen molar-refractivity contribution in [2.45, 2.75) is 31.7 Å². The predicted octanol–water partition coefficient (Wildman–Crippen LogP) is 6.46. The van der Waals surface area contributed by atoms with Crippen LogP contribution in [-0.2, 0) is 4.79 Å². The summed E-state index contributed by atoms with van der Waals surface area (Å²) in [7, 11) is 0. The quantitative estimate of drug-likeness (QED) is 0.350. The lowest BCUT2D eigenvalue weighted by molar-refractivity contribution is -0.116. The van der Waals surface area contributed by atoms with Crippen LogP contribution in [0, 0.1) is 6.92 Å². The molecule has 6 rings (SSSR count). The molecule has 4 nitrogen and oxygen atoms in total. The molecule has 0 spiro atoms. The van der Waals surface area contributed by atoms with Crippen molar-refractivity contribution >= 4 is 28.1 Å². The van der Waals surface area contributed by atoms with Gasteiger partial charge in [0.05, 0.1) is 17.4 Å². The first-order chi connectivity index (χ1) is 15.7. The van der Waals surface area contributed by atoms with Gasteiger partial charge in [-0.15, -0.1) is 0 Å². The SMILES string of the molecule is Cc1ccc(C2CC(=O)C3=C(C2)Nc2ccccc2NC3c2c[nH]c3ccccc23)cc1. The summed E-state index contributed by atoms with van der Waals surface area (Å²) in [6.07, 6.45) is 3.39. The number of H-pyrrole nitrogens is 1. The summed E-state index contributed by atoms with van der Waals surface area (Å²) >= 11 is 0. The normalized spacial score (nSPS) is 20.2. The largest absolute Gasteiger partial charge is 0.372 e. The highest BCUT2D eigenvalue weighted by Gasteiger charge is 2.36. The summed E-state index contributed by atoms with van der Waals surface area (Å²) in [4.78, 5) is 17.1. The number of aryl methyl sites for hydroxylation is 1. The number of Topliss-reactive ketones (excluding diaryl/α,β-unsaturated/α-hetero) is 1. The first-order valence-electron chi connectivity index (χ1n) is 11.2. The van der Waals surface area contributed by atoms with Crippen LogP contribution in [0.2, 0.25) is 0 Å². The molecule has 2 aliphatic rings. The Morgan fingerprint density at radius 3 is 2.44 bits per heavy atom. The number of benzene rings is 3. The molecule has 4 heteroatoms. The fourth-order valence-corrected chi connectivity index (χ4v) is 5.13. The highest BCUT2D eigenvalue weighted by atomic mass is 16.1. The zero-order chi connectivity index (χ0) is 21.7. The molecule has 2 atom stereocenters. The van der Waals surface area contributed by atoms with Crippen LogP contribution in [0.1, 0.15) is 41.5 Å².